The summed E-state index contributed by atoms with van der Waals surface area (Å²) in [5.74, 6) is 0. The number of phosphoric acid groups is 3. The maximum atomic E-state index is 11.8. The fourth-order valence-electron chi connectivity index (χ4n) is 1.96. The second-order valence-electron chi connectivity index (χ2n) is 5.60. The fraction of sp³-hybridized carbons (Fsp3) is 0.333. The van der Waals surface area contributed by atoms with Gasteiger partial charge in [-0.3, -0.25) is 14.3 Å². The first kappa shape index (κ1) is 28.3. The van der Waals surface area contributed by atoms with E-state index in [9.17, 15) is 23.3 Å². The van der Waals surface area contributed by atoms with Crippen molar-refractivity contribution in [2.75, 3.05) is 13.2 Å². The van der Waals surface area contributed by atoms with Crippen molar-refractivity contribution in [2.45, 2.75) is 13.2 Å². The summed E-state index contributed by atoms with van der Waals surface area (Å²) in [6, 6.07) is 1.65. The largest absolute Gasteiger partial charge is 0.490 e. The first-order chi connectivity index (χ1) is 14.5. The second kappa shape index (κ2) is 11.4. The Labute approximate surface area is 177 Å². The molecule has 2 aromatic rings. The molecule has 1 unspecified atom stereocenters. The van der Waals surface area contributed by atoms with E-state index in [2.05, 4.69) is 13.6 Å². The first-order valence-corrected chi connectivity index (χ1v) is 12.5. The number of aliphatic hydroxyl groups excluding tert-OH is 1. The van der Waals surface area contributed by atoms with Crippen molar-refractivity contribution in [3.05, 3.63) is 56.8 Å². The van der Waals surface area contributed by atoms with E-state index in [1.54, 1.807) is 13.0 Å². The zero-order valence-corrected chi connectivity index (χ0v) is 18.6. The topological polar surface area (TPSA) is 268 Å². The maximum Gasteiger partial charge on any atom is 0.490 e. The lowest BCUT2D eigenvalue weighted by Gasteiger charge is -2.18. The molecule has 0 saturated heterocycles. The minimum Gasteiger partial charge on any atom is -0.472 e. The Hall–Kier alpha value is -1.71. The minimum atomic E-state index is -5.46. The highest BCUT2D eigenvalue weighted by atomic mass is 31.3. The average molecular weight is 524 g/mol. The van der Waals surface area contributed by atoms with Crippen molar-refractivity contribution in [1.29, 1.82) is 0 Å². The Kier molecular flexibility index (Phi) is 10.1. The lowest BCUT2D eigenvalue weighted by molar-refractivity contribution is 0.00754. The van der Waals surface area contributed by atoms with Gasteiger partial charge in [0.15, 0.2) is 6.23 Å². The highest BCUT2D eigenvalue weighted by molar-refractivity contribution is 7.66. The lowest BCUT2D eigenvalue weighted by atomic mass is 10.3. The molecule has 0 amide bonds. The van der Waals surface area contributed by atoms with Crippen LogP contribution in [0.1, 0.15) is 17.4 Å². The second-order valence-corrected chi connectivity index (χ2v) is 9.80. The number of aliphatic hydroxyl groups is 1. The van der Waals surface area contributed by atoms with Gasteiger partial charge < -0.3 is 38.7 Å². The molecule has 0 bridgehead atoms. The zero-order chi connectivity index (χ0) is 24.7. The Morgan fingerprint density at radius 1 is 1.09 bits per heavy atom. The van der Waals surface area contributed by atoms with Crippen molar-refractivity contribution in [3.63, 3.8) is 0 Å². The van der Waals surface area contributed by atoms with Gasteiger partial charge in [0.25, 0.3) is 5.56 Å². The molecule has 0 aromatic carbocycles. The number of hydrogen-bond donors (Lipinski definition) is 7. The van der Waals surface area contributed by atoms with E-state index in [1.165, 1.54) is 23.3 Å². The van der Waals surface area contributed by atoms with E-state index in [0.717, 1.165) is 0 Å². The van der Waals surface area contributed by atoms with Crippen LogP contribution in [-0.2, 0) is 27.1 Å². The number of rotatable bonds is 9. The van der Waals surface area contributed by atoms with Crippen LogP contribution in [0.5, 0.6) is 0 Å². The van der Waals surface area contributed by atoms with Crippen LogP contribution in [0, 0.1) is 6.92 Å². The van der Waals surface area contributed by atoms with Crippen molar-refractivity contribution in [1.82, 2.24) is 9.55 Å². The fourth-order valence-corrected chi connectivity index (χ4v) is 4.50. The van der Waals surface area contributed by atoms with E-state index in [0.29, 0.717) is 11.1 Å². The van der Waals surface area contributed by atoms with E-state index >= 15 is 0 Å². The van der Waals surface area contributed by atoms with Gasteiger partial charge in [0.1, 0.15) is 0 Å². The quantitative estimate of drug-likeness (QED) is 0.200. The van der Waals surface area contributed by atoms with Crippen molar-refractivity contribution < 1.29 is 61.0 Å². The van der Waals surface area contributed by atoms with Crippen LogP contribution in [0.25, 0.3) is 0 Å². The molecule has 1 atom stereocenters. The third kappa shape index (κ3) is 10.3. The molecule has 0 aliphatic carbocycles. The Balaban J connectivity index is 0.000000347. The predicted octanol–water partition coefficient (Wildman–Crippen LogP) is -0.701. The Bertz CT molecular complexity index is 1100. The van der Waals surface area contributed by atoms with Gasteiger partial charge in [-0.25, -0.2) is 18.5 Å². The third-order valence-electron chi connectivity index (χ3n) is 3.01. The highest BCUT2D eigenvalue weighted by Gasteiger charge is 2.38. The molecule has 0 aliphatic rings. The van der Waals surface area contributed by atoms with E-state index < -0.39 is 40.9 Å². The van der Waals surface area contributed by atoms with Crippen molar-refractivity contribution in [2.24, 2.45) is 0 Å². The van der Waals surface area contributed by atoms with Gasteiger partial charge in [-0.2, -0.15) is 8.62 Å². The van der Waals surface area contributed by atoms with Crippen LogP contribution in [0.4, 0.5) is 0 Å². The molecule has 20 heteroatoms. The number of nitrogens with zero attached hydrogens (tertiary/aromatic N) is 1. The monoisotopic (exact) mass is 524 g/mol. The van der Waals surface area contributed by atoms with Gasteiger partial charge >= 0.3 is 29.2 Å². The molecule has 2 heterocycles. The normalized spacial score (nSPS) is 13.3. The van der Waals surface area contributed by atoms with Gasteiger partial charge in [-0.15, -0.1) is 0 Å². The lowest BCUT2D eigenvalue weighted by Crippen LogP contribution is -2.34. The molecule has 0 aliphatic heterocycles. The van der Waals surface area contributed by atoms with Crippen LogP contribution < -0.4 is 11.2 Å². The molecule has 32 heavy (non-hydrogen) atoms. The standard InChI is InChI=1S/C12H14N2O5.H5O10P3/c1-8-6-14(12(17)13-10(8)16)11(19-5-3-15)9-2-4-18-7-9;1-11(2,3)9-13(7,8)10-12(4,5)6/h2,4,6-7,11,15H,3,5H2,1H3,(H,13,16,17);(H,7,8)(H2,1,2,3)(H2,4,5,6). The molecule has 2 rings (SSSR count). The van der Waals surface area contributed by atoms with Crippen molar-refractivity contribution >= 4 is 23.5 Å². The summed E-state index contributed by atoms with van der Waals surface area (Å²) < 4.78 is 48.0. The molecule has 182 valence electrons. The minimum absolute atomic E-state index is 0.0560. The number of aromatic amines is 1. The van der Waals surface area contributed by atoms with Crippen LogP contribution in [-0.4, -0.2) is 52.3 Å². The molecular formula is C12H19N2O15P3. The van der Waals surface area contributed by atoms with Gasteiger partial charge in [0.05, 0.1) is 25.7 Å². The summed E-state index contributed by atoms with van der Waals surface area (Å²) in [5.41, 5.74) is -0.0169. The zero-order valence-electron chi connectivity index (χ0n) is 15.9. The smallest absolute Gasteiger partial charge is 0.472 e. The Morgan fingerprint density at radius 3 is 2.09 bits per heavy atom. The molecule has 2 aromatic heterocycles. The number of furan rings is 1. The molecule has 0 radical (unpaired) electrons. The first-order valence-electron chi connectivity index (χ1n) is 7.98. The van der Waals surface area contributed by atoms with Crippen molar-refractivity contribution in [3.8, 4) is 0 Å². The number of H-pyrrole nitrogens is 1. The van der Waals surface area contributed by atoms with E-state index in [-0.39, 0.29) is 13.2 Å². The third-order valence-corrected chi connectivity index (χ3v) is 6.37. The van der Waals surface area contributed by atoms with Crippen LogP contribution in [0.2, 0.25) is 0 Å². The molecular weight excluding hydrogens is 505 g/mol. The number of hydrogen-bond acceptors (Lipinski definition) is 10. The maximum absolute atomic E-state index is 11.8. The highest BCUT2D eigenvalue weighted by Crippen LogP contribution is 2.64. The van der Waals surface area contributed by atoms with Crippen LogP contribution in [0.15, 0.2) is 38.8 Å². The molecule has 7 N–H and O–H groups in total. The predicted molar refractivity (Wildman–Crippen MR) is 102 cm³/mol. The summed E-state index contributed by atoms with van der Waals surface area (Å²) in [7, 11) is -16.2. The summed E-state index contributed by atoms with van der Waals surface area (Å²) in [5, 5.41) is 8.83. The molecule has 17 nitrogen and oxygen atoms in total. The summed E-state index contributed by atoms with van der Waals surface area (Å²) in [6.07, 6.45) is 3.55. The summed E-state index contributed by atoms with van der Waals surface area (Å²) in [6.45, 7) is 1.47. The summed E-state index contributed by atoms with van der Waals surface area (Å²) in [4.78, 5) is 65.6. The molecule has 0 fully saturated rings. The van der Waals surface area contributed by atoms with Gasteiger partial charge in [0, 0.05) is 17.3 Å². The van der Waals surface area contributed by atoms with E-state index in [1.807, 2.05) is 0 Å². The van der Waals surface area contributed by atoms with Gasteiger partial charge in [-0.05, 0) is 13.0 Å². The number of aryl methyl sites for hydroxylation is 1. The SMILES string of the molecule is Cc1cn(C(OCCO)c2ccoc2)c(=O)[nH]c1=O.O=P(O)(O)OP(=O)(O)OP(=O)(O)O. The molecule has 0 spiro atoms. The number of ether oxygens (including phenoxy) is 1. The summed E-state index contributed by atoms with van der Waals surface area (Å²) >= 11 is 0. The Morgan fingerprint density at radius 2 is 1.66 bits per heavy atom. The van der Waals surface area contributed by atoms with Crippen LogP contribution in [0.3, 0.4) is 0 Å². The number of nitrogens with one attached hydrogen (secondary N) is 1. The van der Waals surface area contributed by atoms with Gasteiger partial charge in [0.2, 0.25) is 0 Å². The number of aromatic nitrogens is 2. The van der Waals surface area contributed by atoms with Crippen LogP contribution >= 0.6 is 23.5 Å². The average Bonchev–Trinajstić information content (AvgIpc) is 3.10. The molecule has 0 saturated carbocycles. The van der Waals surface area contributed by atoms with Gasteiger partial charge in [-0.1, -0.05) is 0 Å². The van der Waals surface area contributed by atoms with E-state index in [4.69, 9.17) is 38.7 Å².